The Labute approximate surface area is 170 Å². The Balaban J connectivity index is 1.92. The van der Waals surface area contributed by atoms with Crippen molar-refractivity contribution in [2.24, 2.45) is 0 Å². The first-order chi connectivity index (χ1) is 13.3. The quantitative estimate of drug-likeness (QED) is 0.365. The molecule has 10 heteroatoms. The third-order valence-corrected chi connectivity index (χ3v) is 7.21. The normalized spacial score (nSPS) is 19.8. The molecule has 0 spiro atoms. The lowest BCUT2D eigenvalue weighted by molar-refractivity contribution is -0.136. The number of alkyl halides is 1. The van der Waals surface area contributed by atoms with Crippen molar-refractivity contribution in [3.05, 3.63) is 29.3 Å². The van der Waals surface area contributed by atoms with Crippen molar-refractivity contribution in [3.63, 3.8) is 0 Å². The highest BCUT2D eigenvalue weighted by Gasteiger charge is 2.46. The Bertz CT molecular complexity index is 959. The highest BCUT2D eigenvalue weighted by molar-refractivity contribution is 9.09. The number of nitrogens with zero attached hydrogens (tertiary/aromatic N) is 1. The van der Waals surface area contributed by atoms with Crippen LogP contribution in [0.4, 0.5) is 0 Å². The first kappa shape index (κ1) is 20.7. The van der Waals surface area contributed by atoms with Crippen LogP contribution in [0.25, 0.3) is 0 Å². The molecule has 1 saturated heterocycles. The van der Waals surface area contributed by atoms with Crippen LogP contribution in [0.15, 0.2) is 23.1 Å². The first-order valence-electron chi connectivity index (χ1n) is 8.91. The number of imide groups is 2. The predicted octanol–water partition coefficient (Wildman–Crippen LogP) is 1.43. The molecular weight excluding hydrogens is 452 g/mol. The average Bonchev–Trinajstić information content (AvgIpc) is 2.90. The molecule has 0 bridgehead atoms. The molecule has 1 aromatic carbocycles. The molecule has 28 heavy (non-hydrogen) atoms. The number of hydrogen-bond acceptors (Lipinski definition) is 6. The molecule has 1 fully saturated rings. The van der Waals surface area contributed by atoms with Crippen molar-refractivity contribution in [1.82, 2.24) is 10.2 Å². The van der Waals surface area contributed by atoms with Crippen LogP contribution in [0.2, 0.25) is 0 Å². The van der Waals surface area contributed by atoms with Crippen LogP contribution in [-0.4, -0.2) is 54.1 Å². The van der Waals surface area contributed by atoms with E-state index in [0.717, 1.165) is 23.1 Å². The van der Waals surface area contributed by atoms with Crippen LogP contribution < -0.4 is 5.32 Å². The Kier molecular flexibility index (Phi) is 5.99. The number of halogens is 1. The van der Waals surface area contributed by atoms with Gasteiger partial charge >= 0.3 is 0 Å². The van der Waals surface area contributed by atoms with Gasteiger partial charge in [0.25, 0.3) is 11.8 Å². The Morgan fingerprint density at radius 1 is 1.07 bits per heavy atom. The number of carbonyl (C=O) groups is 4. The Morgan fingerprint density at radius 3 is 2.50 bits per heavy atom. The molecule has 2 heterocycles. The number of carbonyl (C=O) groups excluding carboxylic acids is 4. The summed E-state index contributed by atoms with van der Waals surface area (Å²) in [7, 11) is -3.77. The number of nitrogens with one attached hydrogen (secondary N) is 1. The summed E-state index contributed by atoms with van der Waals surface area (Å²) in [6.45, 7) is 0. The zero-order valence-corrected chi connectivity index (χ0v) is 17.3. The molecule has 2 aliphatic heterocycles. The highest BCUT2D eigenvalue weighted by atomic mass is 79.9. The van der Waals surface area contributed by atoms with E-state index in [-0.39, 0.29) is 34.6 Å². The van der Waals surface area contributed by atoms with Crippen LogP contribution in [0.5, 0.6) is 0 Å². The lowest BCUT2D eigenvalue weighted by Crippen LogP contribution is -2.54. The number of rotatable bonds is 7. The molecule has 0 radical (unpaired) electrons. The molecule has 4 amide bonds. The zero-order chi connectivity index (χ0) is 20.5. The first-order valence-corrected chi connectivity index (χ1v) is 11.7. The molecule has 0 aromatic heterocycles. The maximum Gasteiger partial charge on any atom is 0.263 e. The van der Waals surface area contributed by atoms with Crippen LogP contribution in [0.1, 0.15) is 52.8 Å². The molecule has 0 saturated carbocycles. The summed E-state index contributed by atoms with van der Waals surface area (Å²) < 4.78 is 25.6. The molecule has 0 aliphatic carbocycles. The maximum atomic E-state index is 12.9. The van der Waals surface area contributed by atoms with E-state index in [9.17, 15) is 27.6 Å². The van der Waals surface area contributed by atoms with Gasteiger partial charge in [0.1, 0.15) is 6.04 Å². The van der Waals surface area contributed by atoms with E-state index in [1.807, 2.05) is 0 Å². The summed E-state index contributed by atoms with van der Waals surface area (Å²) in [5.41, 5.74) is -0.214. The SMILES string of the molecule is O=C1CCC(N2C(=O)c3cccc(S(=O)(=O)CCCCCBr)c3C2=O)C(=O)N1. The largest absolute Gasteiger partial charge is 0.295 e. The van der Waals surface area contributed by atoms with Gasteiger partial charge in [-0.2, -0.15) is 0 Å². The second-order valence-electron chi connectivity index (χ2n) is 6.69. The minimum absolute atomic E-state index is 0.00252. The smallest absolute Gasteiger partial charge is 0.263 e. The fraction of sp³-hybridized carbons (Fsp3) is 0.444. The minimum atomic E-state index is -3.77. The molecule has 1 aromatic rings. The van der Waals surface area contributed by atoms with E-state index in [1.165, 1.54) is 18.2 Å². The van der Waals surface area contributed by atoms with Gasteiger partial charge in [-0.05, 0) is 31.4 Å². The molecule has 3 rings (SSSR count). The zero-order valence-electron chi connectivity index (χ0n) is 14.9. The number of amides is 4. The minimum Gasteiger partial charge on any atom is -0.295 e. The van der Waals surface area contributed by atoms with E-state index in [2.05, 4.69) is 21.2 Å². The number of hydrogen-bond donors (Lipinski definition) is 1. The van der Waals surface area contributed by atoms with Gasteiger partial charge in [0.15, 0.2) is 9.84 Å². The third kappa shape index (κ3) is 3.75. The van der Waals surface area contributed by atoms with E-state index >= 15 is 0 Å². The van der Waals surface area contributed by atoms with Crippen molar-refractivity contribution in [1.29, 1.82) is 0 Å². The number of piperidine rings is 1. The number of sulfone groups is 1. The lowest BCUT2D eigenvalue weighted by atomic mass is 10.0. The fourth-order valence-corrected chi connectivity index (χ4v) is 5.41. The summed E-state index contributed by atoms with van der Waals surface area (Å²) in [4.78, 5) is 49.8. The number of benzene rings is 1. The van der Waals surface area contributed by atoms with Crippen molar-refractivity contribution in [2.45, 2.75) is 43.0 Å². The van der Waals surface area contributed by atoms with Crippen LogP contribution in [-0.2, 0) is 19.4 Å². The van der Waals surface area contributed by atoms with Gasteiger partial charge in [-0.15, -0.1) is 0 Å². The molecule has 1 N–H and O–H groups in total. The number of unbranched alkanes of at least 4 members (excludes halogenated alkanes) is 2. The summed E-state index contributed by atoms with van der Waals surface area (Å²) in [5, 5.41) is 2.89. The maximum absolute atomic E-state index is 12.9. The standard InChI is InChI=1S/C18H19BrN2O6S/c19-9-2-1-3-10-28(26,27)13-6-4-5-11-15(13)18(25)21(17(11)24)12-7-8-14(22)20-16(12)23/h4-6,12H,1-3,7-10H2,(H,20,22,23). The van der Waals surface area contributed by atoms with Gasteiger partial charge in [-0.1, -0.05) is 28.4 Å². The van der Waals surface area contributed by atoms with E-state index in [0.29, 0.717) is 6.42 Å². The Hall–Kier alpha value is -2.07. The molecule has 1 unspecified atom stereocenters. The van der Waals surface area contributed by atoms with Crippen molar-refractivity contribution >= 4 is 49.4 Å². The fourth-order valence-electron chi connectivity index (χ4n) is 3.42. The predicted molar refractivity (Wildman–Crippen MR) is 103 cm³/mol. The Morgan fingerprint density at radius 2 is 1.82 bits per heavy atom. The molecular formula is C18H19BrN2O6S. The monoisotopic (exact) mass is 470 g/mol. The van der Waals surface area contributed by atoms with Gasteiger partial charge in [0.05, 0.1) is 21.8 Å². The van der Waals surface area contributed by atoms with Gasteiger partial charge in [0, 0.05) is 11.8 Å². The summed E-state index contributed by atoms with van der Waals surface area (Å²) in [5.74, 6) is -2.86. The molecule has 150 valence electrons. The van der Waals surface area contributed by atoms with Crippen LogP contribution in [0, 0.1) is 0 Å². The van der Waals surface area contributed by atoms with Gasteiger partial charge in [-0.3, -0.25) is 29.4 Å². The molecule has 2 aliphatic rings. The van der Waals surface area contributed by atoms with Crippen LogP contribution >= 0.6 is 15.9 Å². The molecule has 1 atom stereocenters. The topological polar surface area (TPSA) is 118 Å². The second kappa shape index (κ2) is 8.12. The van der Waals surface area contributed by atoms with Crippen molar-refractivity contribution in [2.75, 3.05) is 11.1 Å². The average molecular weight is 471 g/mol. The van der Waals surface area contributed by atoms with Crippen molar-refractivity contribution in [3.8, 4) is 0 Å². The summed E-state index contributed by atoms with van der Waals surface area (Å²) in [6, 6.07) is 2.99. The summed E-state index contributed by atoms with van der Waals surface area (Å²) >= 11 is 3.29. The van der Waals surface area contributed by atoms with E-state index in [4.69, 9.17) is 0 Å². The third-order valence-electron chi connectivity index (χ3n) is 4.81. The number of fused-ring (bicyclic) bond motifs is 1. The van der Waals surface area contributed by atoms with Gasteiger partial charge in [-0.25, -0.2) is 8.42 Å². The summed E-state index contributed by atoms with van der Waals surface area (Å²) in [6.07, 6.45) is 2.02. The van der Waals surface area contributed by atoms with Gasteiger partial charge < -0.3 is 0 Å². The van der Waals surface area contributed by atoms with E-state index in [1.54, 1.807) is 0 Å². The van der Waals surface area contributed by atoms with Crippen molar-refractivity contribution < 1.29 is 27.6 Å². The molecule has 8 nitrogen and oxygen atoms in total. The van der Waals surface area contributed by atoms with Gasteiger partial charge in [0.2, 0.25) is 11.8 Å². The highest BCUT2D eigenvalue weighted by Crippen LogP contribution is 2.32. The second-order valence-corrected chi connectivity index (χ2v) is 9.56. The van der Waals surface area contributed by atoms with Crippen LogP contribution in [0.3, 0.4) is 0 Å². The lowest BCUT2D eigenvalue weighted by Gasteiger charge is -2.27. The van der Waals surface area contributed by atoms with E-state index < -0.39 is 39.5 Å².